The SMILES string of the molecule is CCC#CCNC1CCCN(c2c(F)cc(C(N)=O)c3[nH]c(C)c(C)c23)C1. The number of H-pyrrole nitrogens is 1. The number of anilines is 1. The van der Waals surface area contributed by atoms with Crippen LogP contribution in [0.15, 0.2) is 6.07 Å². The maximum atomic E-state index is 15.1. The highest BCUT2D eigenvalue weighted by Crippen LogP contribution is 2.37. The van der Waals surface area contributed by atoms with Crippen molar-refractivity contribution in [2.75, 3.05) is 24.5 Å². The molecule has 1 saturated heterocycles. The van der Waals surface area contributed by atoms with Crippen LogP contribution in [0.3, 0.4) is 0 Å². The molecule has 0 bridgehead atoms. The first-order valence-electron chi connectivity index (χ1n) is 9.49. The second kappa shape index (κ2) is 8.01. The maximum absolute atomic E-state index is 15.1. The Morgan fingerprint density at radius 2 is 2.22 bits per heavy atom. The average Bonchev–Trinajstić information content (AvgIpc) is 2.93. The number of benzene rings is 1. The molecular weight excluding hydrogens is 343 g/mol. The predicted octanol–water partition coefficient (Wildman–Crippen LogP) is 2.99. The molecule has 1 amide bonds. The topological polar surface area (TPSA) is 74.2 Å². The zero-order valence-corrected chi connectivity index (χ0v) is 16.2. The molecule has 1 fully saturated rings. The molecule has 6 heteroatoms. The lowest BCUT2D eigenvalue weighted by atomic mass is 10.0. The van der Waals surface area contributed by atoms with E-state index < -0.39 is 11.7 Å². The molecular formula is C21H27FN4O. The number of rotatable bonds is 4. The lowest BCUT2D eigenvalue weighted by Gasteiger charge is -2.35. The third-order valence-corrected chi connectivity index (χ3v) is 5.29. The molecule has 1 aliphatic rings. The third-order valence-electron chi connectivity index (χ3n) is 5.29. The van der Waals surface area contributed by atoms with Crippen molar-refractivity contribution < 1.29 is 9.18 Å². The Labute approximate surface area is 159 Å². The zero-order valence-electron chi connectivity index (χ0n) is 16.2. The van der Waals surface area contributed by atoms with Gasteiger partial charge in [0.15, 0.2) is 0 Å². The van der Waals surface area contributed by atoms with Crippen molar-refractivity contribution >= 4 is 22.5 Å². The third kappa shape index (κ3) is 3.79. The second-order valence-electron chi connectivity index (χ2n) is 7.12. The number of aryl methyl sites for hydroxylation is 2. The monoisotopic (exact) mass is 370 g/mol. The molecule has 0 radical (unpaired) electrons. The molecule has 3 rings (SSSR count). The smallest absolute Gasteiger partial charge is 0.250 e. The Balaban J connectivity index is 1.97. The summed E-state index contributed by atoms with van der Waals surface area (Å²) in [6.45, 7) is 8.04. The van der Waals surface area contributed by atoms with Gasteiger partial charge in [0.1, 0.15) is 5.82 Å². The highest BCUT2D eigenvalue weighted by molar-refractivity contribution is 6.10. The van der Waals surface area contributed by atoms with E-state index in [0.717, 1.165) is 42.5 Å². The number of amides is 1. The Hall–Kier alpha value is -2.52. The fraction of sp³-hybridized carbons (Fsp3) is 0.476. The van der Waals surface area contributed by atoms with Crippen LogP contribution in [-0.4, -0.2) is 36.6 Å². The molecule has 2 aromatic rings. The van der Waals surface area contributed by atoms with Crippen molar-refractivity contribution in [3.8, 4) is 11.8 Å². The average molecular weight is 370 g/mol. The summed E-state index contributed by atoms with van der Waals surface area (Å²) in [4.78, 5) is 17.1. The summed E-state index contributed by atoms with van der Waals surface area (Å²) >= 11 is 0. The largest absolute Gasteiger partial charge is 0.367 e. The second-order valence-corrected chi connectivity index (χ2v) is 7.12. The number of carbonyl (C=O) groups is 1. The Morgan fingerprint density at radius 1 is 1.44 bits per heavy atom. The molecule has 27 heavy (non-hydrogen) atoms. The van der Waals surface area contributed by atoms with Gasteiger partial charge in [-0.1, -0.05) is 12.8 Å². The van der Waals surface area contributed by atoms with E-state index in [0.29, 0.717) is 24.3 Å². The summed E-state index contributed by atoms with van der Waals surface area (Å²) in [5.74, 6) is 5.13. The first kappa shape index (κ1) is 19.2. The lowest BCUT2D eigenvalue weighted by Crippen LogP contribution is -2.46. The number of aromatic nitrogens is 1. The van der Waals surface area contributed by atoms with E-state index in [1.54, 1.807) is 0 Å². The van der Waals surface area contributed by atoms with E-state index in [9.17, 15) is 4.79 Å². The van der Waals surface area contributed by atoms with E-state index in [2.05, 4.69) is 27.0 Å². The van der Waals surface area contributed by atoms with Gasteiger partial charge in [0.25, 0.3) is 5.91 Å². The molecule has 0 aliphatic carbocycles. The van der Waals surface area contributed by atoms with E-state index in [1.807, 2.05) is 20.8 Å². The number of hydrogen-bond donors (Lipinski definition) is 3. The summed E-state index contributed by atoms with van der Waals surface area (Å²) in [6.07, 6.45) is 2.86. The predicted molar refractivity (Wildman–Crippen MR) is 108 cm³/mol. The molecule has 0 saturated carbocycles. The molecule has 5 nitrogen and oxygen atoms in total. The van der Waals surface area contributed by atoms with Crippen LogP contribution in [0.25, 0.3) is 10.9 Å². The van der Waals surface area contributed by atoms with Crippen LogP contribution in [0.2, 0.25) is 0 Å². The van der Waals surface area contributed by atoms with Crippen molar-refractivity contribution in [2.45, 2.75) is 46.1 Å². The van der Waals surface area contributed by atoms with E-state index in [-0.39, 0.29) is 11.6 Å². The summed E-state index contributed by atoms with van der Waals surface area (Å²) in [6, 6.07) is 1.52. The van der Waals surface area contributed by atoms with Crippen LogP contribution < -0.4 is 16.0 Å². The van der Waals surface area contributed by atoms with Crippen molar-refractivity contribution in [2.24, 2.45) is 5.73 Å². The van der Waals surface area contributed by atoms with Gasteiger partial charge in [0.2, 0.25) is 0 Å². The van der Waals surface area contributed by atoms with Gasteiger partial charge in [-0.3, -0.25) is 4.79 Å². The van der Waals surface area contributed by atoms with Gasteiger partial charge in [0, 0.05) is 36.6 Å². The first-order valence-corrected chi connectivity index (χ1v) is 9.49. The minimum Gasteiger partial charge on any atom is -0.367 e. The van der Waals surface area contributed by atoms with Crippen LogP contribution in [0, 0.1) is 31.5 Å². The minimum atomic E-state index is -0.626. The van der Waals surface area contributed by atoms with Crippen LogP contribution in [0.4, 0.5) is 10.1 Å². The molecule has 1 unspecified atom stereocenters. The van der Waals surface area contributed by atoms with E-state index in [1.165, 1.54) is 6.07 Å². The van der Waals surface area contributed by atoms with Crippen LogP contribution in [0.5, 0.6) is 0 Å². The van der Waals surface area contributed by atoms with Gasteiger partial charge in [-0.05, 0) is 38.3 Å². The zero-order chi connectivity index (χ0) is 19.6. The van der Waals surface area contributed by atoms with Gasteiger partial charge in [-0.25, -0.2) is 4.39 Å². The molecule has 1 aromatic heterocycles. The van der Waals surface area contributed by atoms with Crippen molar-refractivity contribution in [1.82, 2.24) is 10.3 Å². The molecule has 1 aromatic carbocycles. The van der Waals surface area contributed by atoms with Gasteiger partial charge in [0.05, 0.1) is 23.3 Å². The highest BCUT2D eigenvalue weighted by atomic mass is 19.1. The Bertz CT molecular complexity index is 922. The Morgan fingerprint density at radius 3 is 2.93 bits per heavy atom. The number of nitrogens with zero attached hydrogens (tertiary/aromatic N) is 1. The van der Waals surface area contributed by atoms with Crippen molar-refractivity contribution in [1.29, 1.82) is 0 Å². The number of nitrogens with two attached hydrogens (primary N) is 1. The maximum Gasteiger partial charge on any atom is 0.250 e. The van der Waals surface area contributed by atoms with Crippen molar-refractivity contribution in [3.63, 3.8) is 0 Å². The van der Waals surface area contributed by atoms with Crippen molar-refractivity contribution in [3.05, 3.63) is 28.7 Å². The number of halogens is 1. The number of aromatic amines is 1. The van der Waals surface area contributed by atoms with Crippen LogP contribution >= 0.6 is 0 Å². The van der Waals surface area contributed by atoms with Gasteiger partial charge < -0.3 is 20.9 Å². The van der Waals surface area contributed by atoms with E-state index >= 15 is 4.39 Å². The number of carbonyl (C=O) groups excluding carboxylic acids is 1. The number of nitrogens with one attached hydrogen (secondary N) is 2. The standard InChI is InChI=1S/C21H27FN4O/c1-4-5-6-9-24-15-8-7-10-26(12-15)20-17(22)11-16(21(23)27)19-18(20)13(2)14(3)25-19/h11,15,24-25H,4,7-10,12H2,1-3H3,(H2,23,27). The normalized spacial score (nSPS) is 17.0. The van der Waals surface area contributed by atoms with Crippen LogP contribution in [-0.2, 0) is 0 Å². The number of hydrogen-bond acceptors (Lipinski definition) is 3. The molecule has 4 N–H and O–H groups in total. The molecule has 144 valence electrons. The number of piperidine rings is 1. The summed E-state index contributed by atoms with van der Waals surface area (Å²) < 4.78 is 15.1. The fourth-order valence-electron chi connectivity index (χ4n) is 3.84. The molecule has 0 spiro atoms. The van der Waals surface area contributed by atoms with Gasteiger partial charge in [-0.2, -0.15) is 0 Å². The minimum absolute atomic E-state index is 0.198. The quantitative estimate of drug-likeness (QED) is 0.725. The molecule has 2 heterocycles. The fourth-order valence-corrected chi connectivity index (χ4v) is 3.84. The summed E-state index contributed by atoms with van der Waals surface area (Å²) in [5, 5.41) is 4.21. The number of fused-ring (bicyclic) bond motifs is 1. The first-order chi connectivity index (χ1) is 12.9. The molecule has 1 atom stereocenters. The van der Waals surface area contributed by atoms with Gasteiger partial charge >= 0.3 is 0 Å². The molecule has 1 aliphatic heterocycles. The number of primary amides is 1. The summed E-state index contributed by atoms with van der Waals surface area (Å²) in [5.41, 5.74) is 8.72. The Kier molecular flexibility index (Phi) is 5.71. The summed E-state index contributed by atoms with van der Waals surface area (Å²) in [7, 11) is 0. The lowest BCUT2D eigenvalue weighted by molar-refractivity contribution is 0.100. The van der Waals surface area contributed by atoms with Gasteiger partial charge in [-0.15, -0.1) is 5.92 Å². The highest BCUT2D eigenvalue weighted by Gasteiger charge is 2.27. The van der Waals surface area contributed by atoms with E-state index in [4.69, 9.17) is 5.73 Å². The van der Waals surface area contributed by atoms with Crippen LogP contribution in [0.1, 0.15) is 47.8 Å².